The molecule has 4 aromatic rings. The van der Waals surface area contributed by atoms with Crippen molar-refractivity contribution in [1.29, 1.82) is 0 Å². The van der Waals surface area contributed by atoms with Gasteiger partial charge in [-0.25, -0.2) is 9.78 Å². The fraction of sp³-hybridized carbons (Fsp3) is 0.179. The number of esters is 1. The van der Waals surface area contributed by atoms with Gasteiger partial charge >= 0.3 is 5.97 Å². The van der Waals surface area contributed by atoms with E-state index >= 15 is 0 Å². The molecule has 2 heterocycles. The topological polar surface area (TPSA) is 81.4 Å². The number of aromatic nitrogens is 1. The summed E-state index contributed by atoms with van der Waals surface area (Å²) < 4.78 is 11.0. The highest BCUT2D eigenvalue weighted by Gasteiger charge is 2.26. The smallest absolute Gasteiger partial charge is 0.339 e. The van der Waals surface area contributed by atoms with E-state index in [-0.39, 0.29) is 12.5 Å². The van der Waals surface area contributed by atoms with E-state index in [1.807, 2.05) is 72.8 Å². The first-order valence-electron chi connectivity index (χ1n) is 11.3. The number of hydrogen-bond acceptors (Lipinski definition) is 5. The van der Waals surface area contributed by atoms with Crippen LogP contribution in [0.2, 0.25) is 0 Å². The SMILES string of the molecule is O=C(COC(=O)c1c2c(nc3ccccc13)C(=Cc1ccco1)CCC2)NCc1ccccc1. The molecule has 0 saturated carbocycles. The van der Waals surface area contributed by atoms with Crippen molar-refractivity contribution in [3.05, 3.63) is 101 Å². The van der Waals surface area contributed by atoms with Crippen LogP contribution in [0.4, 0.5) is 0 Å². The van der Waals surface area contributed by atoms with Gasteiger partial charge in [0, 0.05) is 11.9 Å². The first-order chi connectivity index (χ1) is 16.7. The third kappa shape index (κ3) is 4.62. The Balaban J connectivity index is 1.41. The molecule has 6 nitrogen and oxygen atoms in total. The van der Waals surface area contributed by atoms with Crippen molar-refractivity contribution in [2.75, 3.05) is 6.61 Å². The molecule has 0 radical (unpaired) electrons. The lowest BCUT2D eigenvalue weighted by Gasteiger charge is -2.22. The van der Waals surface area contributed by atoms with E-state index in [9.17, 15) is 9.59 Å². The Hall–Kier alpha value is -4.19. The lowest BCUT2D eigenvalue weighted by molar-refractivity contribution is -0.124. The van der Waals surface area contributed by atoms with Gasteiger partial charge in [-0.3, -0.25) is 4.79 Å². The number of pyridine rings is 1. The zero-order valence-electron chi connectivity index (χ0n) is 18.6. The molecule has 2 aromatic heterocycles. The molecule has 5 rings (SSSR count). The maximum Gasteiger partial charge on any atom is 0.339 e. The highest BCUT2D eigenvalue weighted by Crippen LogP contribution is 2.36. The van der Waals surface area contributed by atoms with E-state index in [4.69, 9.17) is 14.1 Å². The minimum absolute atomic E-state index is 0.341. The van der Waals surface area contributed by atoms with Crippen LogP contribution in [0.15, 0.2) is 77.4 Å². The summed E-state index contributed by atoms with van der Waals surface area (Å²) >= 11 is 0. The third-order valence-corrected chi connectivity index (χ3v) is 5.90. The molecule has 0 bridgehead atoms. The van der Waals surface area contributed by atoms with Crippen molar-refractivity contribution in [3.8, 4) is 0 Å². The van der Waals surface area contributed by atoms with Crippen LogP contribution in [0.3, 0.4) is 0 Å². The Morgan fingerprint density at radius 3 is 2.65 bits per heavy atom. The van der Waals surface area contributed by atoms with Gasteiger partial charge in [-0.2, -0.15) is 0 Å². The fourth-order valence-electron chi connectivity index (χ4n) is 4.30. The minimum Gasteiger partial charge on any atom is -0.465 e. The average Bonchev–Trinajstić information content (AvgIpc) is 3.39. The summed E-state index contributed by atoms with van der Waals surface area (Å²) in [5.74, 6) is -0.108. The van der Waals surface area contributed by atoms with Crippen LogP contribution < -0.4 is 5.32 Å². The molecule has 0 aliphatic heterocycles. The van der Waals surface area contributed by atoms with E-state index in [0.29, 0.717) is 24.0 Å². The van der Waals surface area contributed by atoms with Gasteiger partial charge in [0.05, 0.1) is 23.0 Å². The van der Waals surface area contributed by atoms with Crippen LogP contribution in [-0.4, -0.2) is 23.5 Å². The first-order valence-corrected chi connectivity index (χ1v) is 11.3. The molecule has 6 heteroatoms. The van der Waals surface area contributed by atoms with E-state index in [2.05, 4.69) is 5.32 Å². The Kier molecular flexibility index (Phi) is 6.21. The molecule has 1 N–H and O–H groups in total. The summed E-state index contributed by atoms with van der Waals surface area (Å²) in [6.07, 6.45) is 6.06. The molecule has 0 atom stereocenters. The molecule has 1 aliphatic carbocycles. The summed E-state index contributed by atoms with van der Waals surface area (Å²) in [6.45, 7) is 0.0396. The number of rotatable bonds is 6. The van der Waals surface area contributed by atoms with Gasteiger partial charge in [0.15, 0.2) is 6.61 Å². The van der Waals surface area contributed by atoms with Crippen molar-refractivity contribution in [2.24, 2.45) is 0 Å². The van der Waals surface area contributed by atoms with Crippen molar-refractivity contribution < 1.29 is 18.7 Å². The van der Waals surface area contributed by atoms with Crippen molar-refractivity contribution >= 4 is 34.4 Å². The van der Waals surface area contributed by atoms with Crippen LogP contribution >= 0.6 is 0 Å². The number of fused-ring (bicyclic) bond motifs is 2. The van der Waals surface area contributed by atoms with Crippen LogP contribution in [0.25, 0.3) is 22.6 Å². The van der Waals surface area contributed by atoms with Gasteiger partial charge in [0.25, 0.3) is 5.91 Å². The maximum atomic E-state index is 13.3. The Morgan fingerprint density at radius 2 is 1.82 bits per heavy atom. The number of nitrogens with zero attached hydrogens (tertiary/aromatic N) is 1. The van der Waals surface area contributed by atoms with Crippen LogP contribution in [0, 0.1) is 0 Å². The lowest BCUT2D eigenvalue weighted by Crippen LogP contribution is -2.28. The largest absolute Gasteiger partial charge is 0.465 e. The number of hydrogen-bond donors (Lipinski definition) is 1. The molecule has 0 spiro atoms. The number of furan rings is 1. The van der Waals surface area contributed by atoms with Crippen LogP contribution in [-0.2, 0) is 22.5 Å². The Morgan fingerprint density at radius 1 is 1.00 bits per heavy atom. The van der Waals surface area contributed by atoms with Gasteiger partial charge in [-0.1, -0.05) is 48.5 Å². The van der Waals surface area contributed by atoms with Gasteiger partial charge in [0.2, 0.25) is 0 Å². The van der Waals surface area contributed by atoms with Crippen LogP contribution in [0.1, 0.15) is 45.8 Å². The van der Waals surface area contributed by atoms with Gasteiger partial charge in [-0.15, -0.1) is 0 Å². The standard InChI is InChI=1S/C28H24N2O4/c31-25(29-17-19-8-2-1-3-9-19)18-34-28(32)26-22-12-4-5-14-24(22)30-27-20(10-6-13-23(26)27)16-21-11-7-15-33-21/h1-5,7-9,11-12,14-16H,6,10,13,17-18H2,(H,29,31). The average molecular weight is 453 g/mol. The van der Waals surface area contributed by atoms with E-state index in [1.165, 1.54) is 0 Å². The number of carbonyl (C=O) groups is 2. The quantitative estimate of drug-likeness (QED) is 0.408. The molecule has 1 aliphatic rings. The second-order valence-electron chi connectivity index (χ2n) is 8.21. The third-order valence-electron chi connectivity index (χ3n) is 5.90. The van der Waals surface area contributed by atoms with E-state index in [1.54, 1.807) is 6.26 Å². The van der Waals surface area contributed by atoms with Crippen molar-refractivity contribution in [2.45, 2.75) is 25.8 Å². The Bertz CT molecular complexity index is 1360. The number of para-hydroxylation sites is 1. The highest BCUT2D eigenvalue weighted by molar-refractivity contribution is 6.07. The number of amides is 1. The minimum atomic E-state index is -0.510. The zero-order valence-corrected chi connectivity index (χ0v) is 18.6. The summed E-state index contributed by atoms with van der Waals surface area (Å²) in [6, 6.07) is 20.9. The molecule has 0 saturated heterocycles. The fourth-order valence-corrected chi connectivity index (χ4v) is 4.30. The van der Waals surface area contributed by atoms with Crippen molar-refractivity contribution in [1.82, 2.24) is 10.3 Å². The molecular weight excluding hydrogens is 428 g/mol. The number of benzene rings is 2. The molecular formula is C28H24N2O4. The Labute approximate surface area is 197 Å². The van der Waals surface area contributed by atoms with Gasteiger partial charge in [0.1, 0.15) is 5.76 Å². The maximum absolute atomic E-state index is 13.3. The van der Waals surface area contributed by atoms with Gasteiger partial charge < -0.3 is 14.5 Å². The van der Waals surface area contributed by atoms with E-state index < -0.39 is 5.97 Å². The highest BCUT2D eigenvalue weighted by atomic mass is 16.5. The second kappa shape index (κ2) is 9.75. The molecule has 34 heavy (non-hydrogen) atoms. The summed E-state index contributed by atoms with van der Waals surface area (Å²) in [4.78, 5) is 30.5. The van der Waals surface area contributed by atoms with E-state index in [0.717, 1.165) is 46.4 Å². The number of allylic oxidation sites excluding steroid dienone is 1. The van der Waals surface area contributed by atoms with Crippen molar-refractivity contribution in [3.63, 3.8) is 0 Å². The molecule has 1 amide bonds. The predicted molar refractivity (Wildman–Crippen MR) is 130 cm³/mol. The monoisotopic (exact) mass is 452 g/mol. The molecule has 170 valence electrons. The summed E-state index contributed by atoms with van der Waals surface area (Å²) in [5, 5.41) is 3.52. The summed E-state index contributed by atoms with van der Waals surface area (Å²) in [7, 11) is 0. The lowest BCUT2D eigenvalue weighted by atomic mass is 9.86. The van der Waals surface area contributed by atoms with Gasteiger partial charge in [-0.05, 0) is 60.2 Å². The van der Waals surface area contributed by atoms with Crippen LogP contribution in [0.5, 0.6) is 0 Å². The second-order valence-corrected chi connectivity index (χ2v) is 8.21. The predicted octanol–water partition coefficient (Wildman–Crippen LogP) is 5.18. The number of nitrogens with one attached hydrogen (secondary N) is 1. The summed E-state index contributed by atoms with van der Waals surface area (Å²) in [5.41, 5.74) is 4.86. The molecule has 0 unspecified atom stereocenters. The zero-order chi connectivity index (χ0) is 23.3. The molecule has 0 fully saturated rings. The normalized spacial score (nSPS) is 14.1. The first kappa shape index (κ1) is 21.6. The number of ether oxygens (including phenoxy) is 1. The molecule has 2 aromatic carbocycles. The number of carbonyl (C=O) groups excluding carboxylic acids is 2.